The lowest BCUT2D eigenvalue weighted by atomic mass is 10.1. The molecule has 4 nitrogen and oxygen atoms in total. The predicted molar refractivity (Wildman–Crippen MR) is 61.1 cm³/mol. The van der Waals surface area contributed by atoms with Gasteiger partial charge in [0.25, 0.3) is 0 Å². The van der Waals surface area contributed by atoms with Gasteiger partial charge in [-0.25, -0.2) is 0 Å². The van der Waals surface area contributed by atoms with Crippen molar-refractivity contribution in [2.75, 3.05) is 46.4 Å². The first kappa shape index (κ1) is 11.3. The summed E-state index contributed by atoms with van der Waals surface area (Å²) in [7, 11) is 2.20. The molecule has 0 aliphatic carbocycles. The van der Waals surface area contributed by atoms with Crippen molar-refractivity contribution < 1.29 is 4.74 Å². The highest BCUT2D eigenvalue weighted by Gasteiger charge is 2.18. The van der Waals surface area contributed by atoms with E-state index >= 15 is 0 Å². The first-order valence-electron chi connectivity index (χ1n) is 6.07. The molecule has 0 aromatic carbocycles. The van der Waals surface area contributed by atoms with Crippen LogP contribution >= 0.6 is 0 Å². The molecular weight excluding hydrogens is 190 g/mol. The fourth-order valence-electron chi connectivity index (χ4n) is 2.34. The second-order valence-electron chi connectivity index (χ2n) is 4.71. The van der Waals surface area contributed by atoms with Crippen LogP contribution in [0, 0.1) is 0 Å². The van der Waals surface area contributed by atoms with Crippen molar-refractivity contribution in [3.63, 3.8) is 0 Å². The van der Waals surface area contributed by atoms with E-state index in [4.69, 9.17) is 4.74 Å². The van der Waals surface area contributed by atoms with Crippen LogP contribution in [0.15, 0.2) is 0 Å². The Hall–Kier alpha value is -0.160. The van der Waals surface area contributed by atoms with Crippen molar-refractivity contribution in [2.45, 2.75) is 24.9 Å². The zero-order chi connectivity index (χ0) is 10.5. The summed E-state index contributed by atoms with van der Waals surface area (Å²) >= 11 is 0. The largest absolute Gasteiger partial charge is 0.381 e. The molecule has 0 aromatic heterocycles. The topological polar surface area (TPSA) is 36.5 Å². The minimum atomic E-state index is 0.617. The summed E-state index contributed by atoms with van der Waals surface area (Å²) in [6.45, 7) is 6.40. The molecule has 0 bridgehead atoms. The molecule has 2 aliphatic rings. The van der Waals surface area contributed by atoms with Crippen LogP contribution in [0.2, 0.25) is 0 Å². The molecule has 0 amide bonds. The second-order valence-corrected chi connectivity index (χ2v) is 4.71. The SMILES string of the molecule is CN1CCNC(CNC2CCOCC2)C1. The van der Waals surface area contributed by atoms with E-state index in [1.165, 1.54) is 19.4 Å². The molecule has 1 unspecified atom stereocenters. The molecule has 2 fully saturated rings. The van der Waals surface area contributed by atoms with Gasteiger partial charge in [-0.15, -0.1) is 0 Å². The van der Waals surface area contributed by atoms with Gasteiger partial charge in [0.1, 0.15) is 0 Å². The zero-order valence-corrected chi connectivity index (χ0v) is 9.67. The smallest absolute Gasteiger partial charge is 0.0480 e. The molecule has 2 N–H and O–H groups in total. The van der Waals surface area contributed by atoms with E-state index in [9.17, 15) is 0 Å². The highest BCUT2D eigenvalue weighted by Crippen LogP contribution is 2.06. The Kier molecular flexibility index (Phi) is 4.38. The Labute approximate surface area is 92.4 Å². The van der Waals surface area contributed by atoms with Crippen LogP contribution in [0.1, 0.15) is 12.8 Å². The summed E-state index contributed by atoms with van der Waals surface area (Å²) in [6, 6.07) is 1.29. The first-order chi connectivity index (χ1) is 7.34. The van der Waals surface area contributed by atoms with E-state index in [2.05, 4.69) is 22.6 Å². The number of rotatable bonds is 3. The van der Waals surface area contributed by atoms with E-state index < -0.39 is 0 Å². The van der Waals surface area contributed by atoms with Crippen LogP contribution in [0.4, 0.5) is 0 Å². The first-order valence-corrected chi connectivity index (χ1v) is 6.07. The zero-order valence-electron chi connectivity index (χ0n) is 9.67. The summed E-state index contributed by atoms with van der Waals surface area (Å²) in [5.74, 6) is 0. The van der Waals surface area contributed by atoms with E-state index in [1.807, 2.05) is 0 Å². The lowest BCUT2D eigenvalue weighted by molar-refractivity contribution is 0.0765. The number of nitrogens with zero attached hydrogens (tertiary/aromatic N) is 1. The van der Waals surface area contributed by atoms with Crippen molar-refractivity contribution in [1.82, 2.24) is 15.5 Å². The minimum Gasteiger partial charge on any atom is -0.381 e. The van der Waals surface area contributed by atoms with Gasteiger partial charge in [0.05, 0.1) is 0 Å². The third-order valence-electron chi connectivity index (χ3n) is 3.33. The monoisotopic (exact) mass is 213 g/mol. The van der Waals surface area contributed by atoms with Gasteiger partial charge in [0.15, 0.2) is 0 Å². The fourth-order valence-corrected chi connectivity index (χ4v) is 2.34. The maximum atomic E-state index is 5.34. The number of piperazine rings is 1. The molecule has 2 heterocycles. The van der Waals surface area contributed by atoms with Crippen LogP contribution in [0.5, 0.6) is 0 Å². The van der Waals surface area contributed by atoms with Gasteiger partial charge < -0.3 is 20.3 Å². The van der Waals surface area contributed by atoms with Crippen LogP contribution in [-0.4, -0.2) is 63.4 Å². The van der Waals surface area contributed by atoms with Gasteiger partial charge >= 0.3 is 0 Å². The van der Waals surface area contributed by atoms with Crippen LogP contribution in [0.25, 0.3) is 0 Å². The summed E-state index contributed by atoms with van der Waals surface area (Å²) in [5, 5.41) is 7.20. The van der Waals surface area contributed by atoms with Crippen molar-refractivity contribution >= 4 is 0 Å². The summed E-state index contributed by atoms with van der Waals surface area (Å²) in [6.07, 6.45) is 2.34. The molecule has 2 rings (SSSR count). The molecular formula is C11H23N3O. The van der Waals surface area contributed by atoms with Gasteiger partial charge in [-0.1, -0.05) is 0 Å². The van der Waals surface area contributed by atoms with Crippen molar-refractivity contribution in [3.05, 3.63) is 0 Å². The normalized spacial score (nSPS) is 30.6. The van der Waals surface area contributed by atoms with Gasteiger partial charge in [0.2, 0.25) is 0 Å². The van der Waals surface area contributed by atoms with Crippen molar-refractivity contribution in [2.24, 2.45) is 0 Å². The van der Waals surface area contributed by atoms with Crippen molar-refractivity contribution in [3.8, 4) is 0 Å². The molecule has 0 radical (unpaired) electrons. The molecule has 88 valence electrons. The third kappa shape index (κ3) is 3.72. The Morgan fingerprint density at radius 2 is 2.20 bits per heavy atom. The van der Waals surface area contributed by atoms with E-state index in [-0.39, 0.29) is 0 Å². The average Bonchev–Trinajstić information content (AvgIpc) is 2.28. The quantitative estimate of drug-likeness (QED) is 0.672. The van der Waals surface area contributed by atoms with Crippen molar-refractivity contribution in [1.29, 1.82) is 0 Å². The Balaban J connectivity index is 1.63. The third-order valence-corrected chi connectivity index (χ3v) is 3.33. The molecule has 0 saturated carbocycles. The van der Waals surface area contributed by atoms with E-state index in [0.717, 1.165) is 32.8 Å². The van der Waals surface area contributed by atoms with E-state index in [1.54, 1.807) is 0 Å². The van der Waals surface area contributed by atoms with Crippen LogP contribution in [0.3, 0.4) is 0 Å². The Bertz CT molecular complexity index is 183. The minimum absolute atomic E-state index is 0.617. The fraction of sp³-hybridized carbons (Fsp3) is 1.00. The van der Waals surface area contributed by atoms with Crippen LogP contribution < -0.4 is 10.6 Å². The van der Waals surface area contributed by atoms with Crippen LogP contribution in [-0.2, 0) is 4.74 Å². The molecule has 15 heavy (non-hydrogen) atoms. The number of likely N-dealkylation sites (N-methyl/N-ethyl adjacent to an activating group) is 1. The summed E-state index contributed by atoms with van der Waals surface area (Å²) in [5.41, 5.74) is 0. The number of hydrogen-bond donors (Lipinski definition) is 2. The van der Waals surface area contributed by atoms with E-state index in [0.29, 0.717) is 12.1 Å². The molecule has 1 atom stereocenters. The van der Waals surface area contributed by atoms with Gasteiger partial charge in [0, 0.05) is 51.5 Å². The van der Waals surface area contributed by atoms with Gasteiger partial charge in [-0.3, -0.25) is 0 Å². The highest BCUT2D eigenvalue weighted by molar-refractivity contribution is 4.81. The molecule has 0 aromatic rings. The summed E-state index contributed by atoms with van der Waals surface area (Å²) in [4.78, 5) is 2.40. The maximum Gasteiger partial charge on any atom is 0.0480 e. The number of ether oxygens (including phenoxy) is 1. The van der Waals surface area contributed by atoms with Gasteiger partial charge in [-0.2, -0.15) is 0 Å². The lowest BCUT2D eigenvalue weighted by Gasteiger charge is -2.33. The number of nitrogens with one attached hydrogen (secondary N) is 2. The Morgan fingerprint density at radius 3 is 2.93 bits per heavy atom. The molecule has 4 heteroatoms. The number of hydrogen-bond acceptors (Lipinski definition) is 4. The average molecular weight is 213 g/mol. The standard InChI is InChI=1S/C11H23N3O/c1-14-5-4-12-11(9-14)8-13-10-2-6-15-7-3-10/h10-13H,2-9H2,1H3. The predicted octanol–water partition coefficient (Wildman–Crippen LogP) is -0.341. The summed E-state index contributed by atoms with van der Waals surface area (Å²) < 4.78 is 5.34. The molecule has 2 aliphatic heterocycles. The lowest BCUT2D eigenvalue weighted by Crippen LogP contribution is -2.54. The molecule has 2 saturated heterocycles. The maximum absolute atomic E-state index is 5.34. The highest BCUT2D eigenvalue weighted by atomic mass is 16.5. The Morgan fingerprint density at radius 1 is 1.40 bits per heavy atom. The second kappa shape index (κ2) is 5.80. The van der Waals surface area contributed by atoms with Gasteiger partial charge in [-0.05, 0) is 19.9 Å². The molecule has 0 spiro atoms.